The van der Waals surface area contributed by atoms with Crippen LogP contribution < -0.4 is 0 Å². The van der Waals surface area contributed by atoms with Crippen molar-refractivity contribution in [1.29, 1.82) is 0 Å². The lowest BCUT2D eigenvalue weighted by Crippen LogP contribution is -2.27. The zero-order chi connectivity index (χ0) is 21.2. The largest absolute Gasteiger partial charge is 0.469 e. The van der Waals surface area contributed by atoms with Crippen LogP contribution >= 0.6 is 0 Å². The van der Waals surface area contributed by atoms with Gasteiger partial charge in [-0.2, -0.15) is 8.78 Å². The van der Waals surface area contributed by atoms with Gasteiger partial charge in [-0.05, 0) is 25.7 Å². The highest BCUT2D eigenvalue weighted by molar-refractivity contribution is 5.86. The number of hydrogen-bond acceptors (Lipinski definition) is 5. The summed E-state index contributed by atoms with van der Waals surface area (Å²) in [6, 6.07) is 0. The number of methoxy groups -OCH3 is 1. The predicted molar refractivity (Wildman–Crippen MR) is 101 cm³/mol. The smallest absolute Gasteiger partial charge is 0.305 e. The first-order valence-electron chi connectivity index (χ1n) is 10.0. The molecule has 0 saturated heterocycles. The number of esters is 2. The average Bonchev–Trinajstić information content (AvgIpc) is 3.02. The SMILES string of the molecule is CCC(F)(F)C(=O)CC=C1CC[C@H](OC(C)=O)C1CCCCCCC(=O)OC. The van der Waals surface area contributed by atoms with Gasteiger partial charge in [-0.15, -0.1) is 0 Å². The van der Waals surface area contributed by atoms with Crippen LogP contribution in [0.3, 0.4) is 0 Å². The summed E-state index contributed by atoms with van der Waals surface area (Å²) in [5.41, 5.74) is 0.932. The normalized spacial score (nSPS) is 21.0. The van der Waals surface area contributed by atoms with Crippen LogP contribution in [0.25, 0.3) is 0 Å². The van der Waals surface area contributed by atoms with Gasteiger partial charge in [-0.25, -0.2) is 0 Å². The standard InChI is InChI=1S/C21H32F2O5/c1-4-21(22,23)19(25)14-12-16-11-13-18(28-15(2)24)17(16)9-7-5-6-8-10-20(26)27-3/h12,17-18H,4-11,13-14H2,1-3H3/t17?,18-/m0/s1. The molecule has 1 aliphatic rings. The molecule has 1 unspecified atom stereocenters. The Morgan fingerprint density at radius 1 is 1.18 bits per heavy atom. The van der Waals surface area contributed by atoms with Crippen LogP contribution in [0.15, 0.2) is 11.6 Å². The molecule has 0 amide bonds. The predicted octanol–water partition coefficient (Wildman–Crippen LogP) is 4.77. The highest BCUT2D eigenvalue weighted by Gasteiger charge is 2.37. The Kier molecular flexibility index (Phi) is 10.3. The van der Waals surface area contributed by atoms with Crippen LogP contribution in [-0.2, 0) is 23.9 Å². The molecule has 0 aromatic carbocycles. The summed E-state index contributed by atoms with van der Waals surface area (Å²) < 4.78 is 37.0. The van der Waals surface area contributed by atoms with E-state index in [1.54, 1.807) is 6.08 Å². The molecule has 0 heterocycles. The van der Waals surface area contributed by atoms with Gasteiger partial charge in [0.2, 0.25) is 5.78 Å². The van der Waals surface area contributed by atoms with E-state index >= 15 is 0 Å². The van der Waals surface area contributed by atoms with Crippen LogP contribution in [0, 0.1) is 5.92 Å². The number of carbonyl (C=O) groups excluding carboxylic acids is 3. The quantitative estimate of drug-likeness (QED) is 0.267. The van der Waals surface area contributed by atoms with Gasteiger partial charge in [0.05, 0.1) is 7.11 Å². The molecule has 2 atom stereocenters. The summed E-state index contributed by atoms with van der Waals surface area (Å²) in [5.74, 6) is -4.97. The Hall–Kier alpha value is -1.79. The first-order valence-corrected chi connectivity index (χ1v) is 10.0. The zero-order valence-corrected chi connectivity index (χ0v) is 17.1. The number of unbranched alkanes of at least 4 members (excludes halogenated alkanes) is 3. The van der Waals surface area contributed by atoms with E-state index in [4.69, 9.17) is 4.74 Å². The van der Waals surface area contributed by atoms with Crippen molar-refractivity contribution in [3.8, 4) is 0 Å². The Labute approximate surface area is 165 Å². The number of Topliss-reactive ketones (excluding diaryl/α,β-unsaturated/α-hetero) is 1. The fourth-order valence-electron chi connectivity index (χ4n) is 3.57. The van der Waals surface area contributed by atoms with E-state index in [0.717, 1.165) is 37.7 Å². The fraction of sp³-hybridized carbons (Fsp3) is 0.762. The third-order valence-corrected chi connectivity index (χ3v) is 5.24. The van der Waals surface area contributed by atoms with Gasteiger partial charge >= 0.3 is 17.9 Å². The van der Waals surface area contributed by atoms with Crippen molar-refractivity contribution in [3.63, 3.8) is 0 Å². The lowest BCUT2D eigenvalue weighted by Gasteiger charge is -2.21. The van der Waals surface area contributed by atoms with E-state index in [-0.39, 0.29) is 30.4 Å². The van der Waals surface area contributed by atoms with Crippen LogP contribution in [0.2, 0.25) is 0 Å². The molecule has 0 bridgehead atoms. The molecule has 1 saturated carbocycles. The second kappa shape index (κ2) is 11.9. The second-order valence-corrected chi connectivity index (χ2v) is 7.29. The third-order valence-electron chi connectivity index (χ3n) is 5.24. The lowest BCUT2D eigenvalue weighted by atomic mass is 9.92. The molecule has 1 fully saturated rings. The number of ketones is 1. The maximum absolute atomic E-state index is 13.5. The third kappa shape index (κ3) is 8.07. The summed E-state index contributed by atoms with van der Waals surface area (Å²) in [6.45, 7) is 2.65. The Morgan fingerprint density at radius 2 is 1.86 bits per heavy atom. The first-order chi connectivity index (χ1) is 13.2. The summed E-state index contributed by atoms with van der Waals surface area (Å²) in [5, 5.41) is 0. The monoisotopic (exact) mass is 402 g/mol. The van der Waals surface area contributed by atoms with E-state index in [1.807, 2.05) is 0 Å². The summed E-state index contributed by atoms with van der Waals surface area (Å²) in [4.78, 5) is 34.2. The summed E-state index contributed by atoms with van der Waals surface area (Å²) in [6.07, 6.45) is 6.45. The molecule has 0 radical (unpaired) electrons. The zero-order valence-electron chi connectivity index (χ0n) is 17.1. The Bertz CT molecular complexity index is 571. The molecule has 0 aromatic rings. The summed E-state index contributed by atoms with van der Waals surface area (Å²) >= 11 is 0. The molecule has 0 aromatic heterocycles. The minimum atomic E-state index is -3.29. The molecule has 0 N–H and O–H groups in total. The van der Waals surface area contributed by atoms with E-state index in [1.165, 1.54) is 21.0 Å². The highest BCUT2D eigenvalue weighted by Crippen LogP contribution is 2.38. The van der Waals surface area contributed by atoms with Crippen LogP contribution in [0.1, 0.15) is 78.1 Å². The maximum Gasteiger partial charge on any atom is 0.305 e. The lowest BCUT2D eigenvalue weighted by molar-refractivity contribution is -0.148. The van der Waals surface area contributed by atoms with Crippen molar-refractivity contribution in [2.45, 2.75) is 90.1 Å². The number of halogens is 2. The number of ether oxygens (including phenoxy) is 2. The van der Waals surface area contributed by atoms with E-state index in [9.17, 15) is 23.2 Å². The van der Waals surface area contributed by atoms with Crippen LogP contribution in [0.4, 0.5) is 8.78 Å². The number of allylic oxidation sites excluding steroid dienone is 1. The number of alkyl halides is 2. The van der Waals surface area contributed by atoms with Gasteiger partial charge in [0.1, 0.15) is 6.10 Å². The van der Waals surface area contributed by atoms with Crippen molar-refractivity contribution in [3.05, 3.63) is 11.6 Å². The number of hydrogen-bond donors (Lipinski definition) is 0. The Morgan fingerprint density at radius 3 is 2.46 bits per heavy atom. The highest BCUT2D eigenvalue weighted by atomic mass is 19.3. The van der Waals surface area contributed by atoms with E-state index in [2.05, 4.69) is 4.74 Å². The molecule has 5 nitrogen and oxygen atoms in total. The van der Waals surface area contributed by atoms with Gasteiger partial charge in [0, 0.05) is 32.1 Å². The van der Waals surface area contributed by atoms with Crippen LogP contribution in [0.5, 0.6) is 0 Å². The van der Waals surface area contributed by atoms with Crippen molar-refractivity contribution >= 4 is 17.7 Å². The van der Waals surface area contributed by atoms with Gasteiger partial charge in [0.25, 0.3) is 0 Å². The second-order valence-electron chi connectivity index (χ2n) is 7.29. The minimum Gasteiger partial charge on any atom is -0.469 e. The molecule has 1 aliphatic carbocycles. The molecule has 28 heavy (non-hydrogen) atoms. The molecule has 160 valence electrons. The summed E-state index contributed by atoms with van der Waals surface area (Å²) in [7, 11) is 1.37. The van der Waals surface area contributed by atoms with E-state index < -0.39 is 18.1 Å². The van der Waals surface area contributed by atoms with Crippen LogP contribution in [-0.4, -0.2) is 36.9 Å². The van der Waals surface area contributed by atoms with Gasteiger partial charge < -0.3 is 9.47 Å². The van der Waals surface area contributed by atoms with E-state index in [0.29, 0.717) is 19.3 Å². The molecular weight excluding hydrogens is 370 g/mol. The van der Waals surface area contributed by atoms with Gasteiger partial charge in [-0.3, -0.25) is 14.4 Å². The number of carbonyl (C=O) groups is 3. The van der Waals surface area contributed by atoms with Crippen molar-refractivity contribution in [2.75, 3.05) is 7.11 Å². The molecule has 0 spiro atoms. The molecule has 1 rings (SSSR count). The minimum absolute atomic E-state index is 0.0347. The number of rotatable bonds is 12. The topological polar surface area (TPSA) is 69.7 Å². The Balaban J connectivity index is 2.60. The fourth-order valence-corrected chi connectivity index (χ4v) is 3.57. The van der Waals surface area contributed by atoms with Crippen molar-refractivity contribution < 1.29 is 32.6 Å². The molecule has 7 heteroatoms. The van der Waals surface area contributed by atoms with Gasteiger partial charge in [-0.1, -0.05) is 37.8 Å². The van der Waals surface area contributed by atoms with Gasteiger partial charge in [0.15, 0.2) is 0 Å². The molecule has 0 aliphatic heterocycles. The maximum atomic E-state index is 13.5. The van der Waals surface area contributed by atoms with Crippen molar-refractivity contribution in [2.24, 2.45) is 5.92 Å². The first kappa shape index (κ1) is 24.2. The molecular formula is C21H32F2O5. The van der Waals surface area contributed by atoms with Crippen molar-refractivity contribution in [1.82, 2.24) is 0 Å². The average molecular weight is 402 g/mol.